The summed E-state index contributed by atoms with van der Waals surface area (Å²) in [4.78, 5) is 9.41. The Morgan fingerprint density at radius 3 is 1.46 bits per heavy atom. The van der Waals surface area contributed by atoms with E-state index in [2.05, 4.69) is 13.8 Å². The van der Waals surface area contributed by atoms with Gasteiger partial charge in [-0.05, 0) is 71.8 Å². The number of methoxy groups -OCH3 is 2. The molecular formula is C31H26N2O6. The van der Waals surface area contributed by atoms with Crippen LogP contribution in [0.2, 0.25) is 0 Å². The van der Waals surface area contributed by atoms with Gasteiger partial charge in [0.15, 0.2) is 34.2 Å². The molecule has 196 valence electrons. The van der Waals surface area contributed by atoms with Gasteiger partial charge in [-0.3, -0.25) is 0 Å². The third-order valence-electron chi connectivity index (χ3n) is 7.07. The van der Waals surface area contributed by atoms with Crippen molar-refractivity contribution in [3.63, 3.8) is 0 Å². The smallest absolute Gasteiger partial charge is 0.227 e. The van der Waals surface area contributed by atoms with Crippen LogP contribution in [0.3, 0.4) is 0 Å². The molecule has 0 atom stereocenters. The zero-order chi connectivity index (χ0) is 27.3. The fraction of sp³-hybridized carbons (Fsp3) is 0.161. The molecule has 6 aromatic rings. The molecule has 0 aliphatic carbocycles. The largest absolute Gasteiger partial charge is 0.504 e. The molecule has 2 heterocycles. The first-order valence-electron chi connectivity index (χ1n) is 12.3. The number of phenolic OH excluding ortho intramolecular Hbond substituents is 2. The van der Waals surface area contributed by atoms with E-state index in [1.807, 2.05) is 36.4 Å². The SMILES string of the molecule is COc1cc(-c2nc3cc(C(C)(C)c4ccc5oc(-c6ccc(O)c(OC)c6)nc5c4)ccc3o2)ccc1O. The van der Waals surface area contributed by atoms with E-state index in [9.17, 15) is 10.2 Å². The molecule has 2 aromatic heterocycles. The van der Waals surface area contributed by atoms with Gasteiger partial charge in [0.1, 0.15) is 11.0 Å². The fourth-order valence-corrected chi connectivity index (χ4v) is 4.67. The van der Waals surface area contributed by atoms with Crippen molar-refractivity contribution in [3.8, 4) is 45.9 Å². The molecule has 0 saturated carbocycles. The molecule has 0 saturated heterocycles. The number of benzene rings is 4. The first-order chi connectivity index (χ1) is 18.8. The van der Waals surface area contributed by atoms with E-state index in [1.165, 1.54) is 14.2 Å². The fourth-order valence-electron chi connectivity index (χ4n) is 4.67. The minimum atomic E-state index is -0.371. The number of nitrogens with zero attached hydrogens (tertiary/aromatic N) is 2. The van der Waals surface area contributed by atoms with Gasteiger partial charge in [-0.25, -0.2) is 9.97 Å². The highest BCUT2D eigenvalue weighted by atomic mass is 16.5. The summed E-state index contributed by atoms with van der Waals surface area (Å²) in [6, 6.07) is 22.0. The second kappa shape index (κ2) is 9.09. The van der Waals surface area contributed by atoms with Crippen LogP contribution < -0.4 is 9.47 Å². The lowest BCUT2D eigenvalue weighted by Crippen LogP contribution is -2.18. The number of fused-ring (bicyclic) bond motifs is 2. The first-order valence-corrected chi connectivity index (χ1v) is 12.3. The second-order valence-electron chi connectivity index (χ2n) is 9.80. The summed E-state index contributed by atoms with van der Waals surface area (Å²) in [5.41, 5.74) is 5.95. The molecule has 0 unspecified atom stereocenters. The third-order valence-corrected chi connectivity index (χ3v) is 7.07. The molecule has 6 rings (SSSR count). The van der Waals surface area contributed by atoms with E-state index in [0.717, 1.165) is 22.2 Å². The summed E-state index contributed by atoms with van der Waals surface area (Å²) in [5, 5.41) is 19.8. The van der Waals surface area contributed by atoms with Crippen molar-refractivity contribution in [3.05, 3.63) is 83.9 Å². The van der Waals surface area contributed by atoms with Gasteiger partial charge >= 0.3 is 0 Å². The zero-order valence-electron chi connectivity index (χ0n) is 21.9. The molecule has 2 N–H and O–H groups in total. The number of aromatic nitrogens is 2. The molecule has 4 aromatic carbocycles. The van der Waals surface area contributed by atoms with Crippen molar-refractivity contribution in [2.24, 2.45) is 0 Å². The highest BCUT2D eigenvalue weighted by Gasteiger charge is 2.26. The van der Waals surface area contributed by atoms with Gasteiger partial charge in [0.25, 0.3) is 0 Å². The normalized spacial score (nSPS) is 11.8. The van der Waals surface area contributed by atoms with Crippen molar-refractivity contribution in [2.75, 3.05) is 14.2 Å². The summed E-state index contributed by atoms with van der Waals surface area (Å²) >= 11 is 0. The monoisotopic (exact) mass is 522 g/mol. The number of hydrogen-bond acceptors (Lipinski definition) is 8. The lowest BCUT2D eigenvalue weighted by molar-refractivity contribution is 0.373. The Kier molecular flexibility index (Phi) is 5.68. The molecule has 39 heavy (non-hydrogen) atoms. The summed E-state index contributed by atoms with van der Waals surface area (Å²) < 4.78 is 22.4. The van der Waals surface area contributed by atoms with Gasteiger partial charge in [0.05, 0.1) is 14.2 Å². The van der Waals surface area contributed by atoms with Crippen molar-refractivity contribution in [1.82, 2.24) is 9.97 Å². The molecule has 0 fully saturated rings. The van der Waals surface area contributed by atoms with E-state index < -0.39 is 0 Å². The first kappa shape index (κ1) is 24.4. The molecule has 8 nitrogen and oxygen atoms in total. The van der Waals surface area contributed by atoms with E-state index in [1.54, 1.807) is 36.4 Å². The van der Waals surface area contributed by atoms with E-state index in [-0.39, 0.29) is 16.9 Å². The summed E-state index contributed by atoms with van der Waals surface area (Å²) in [6.07, 6.45) is 0. The predicted octanol–water partition coefficient (Wildman–Crippen LogP) is 7.06. The molecule has 0 aliphatic heterocycles. The number of ether oxygens (including phenoxy) is 2. The highest BCUT2D eigenvalue weighted by molar-refractivity contribution is 5.80. The number of aromatic hydroxyl groups is 2. The number of phenols is 2. The van der Waals surface area contributed by atoms with Crippen LogP contribution in [-0.4, -0.2) is 34.4 Å². The maximum Gasteiger partial charge on any atom is 0.227 e. The standard InChI is InChI=1S/C31H26N2O6/c1-31(2,19-7-11-25-21(15-19)32-29(38-25)17-5-9-23(34)27(13-17)36-3)20-8-12-26-22(16-20)33-30(39-26)18-6-10-24(35)28(14-18)37-4/h5-16,34-35H,1-4H3. The van der Waals surface area contributed by atoms with Gasteiger partial charge in [0, 0.05) is 16.5 Å². The topological polar surface area (TPSA) is 111 Å². The van der Waals surface area contributed by atoms with Crippen LogP contribution >= 0.6 is 0 Å². The van der Waals surface area contributed by atoms with Crippen LogP contribution in [-0.2, 0) is 5.41 Å². The van der Waals surface area contributed by atoms with Crippen molar-refractivity contribution < 1.29 is 28.5 Å². The molecule has 0 bridgehead atoms. The molecule has 0 spiro atoms. The van der Waals surface area contributed by atoms with Crippen LogP contribution in [0, 0.1) is 0 Å². The van der Waals surface area contributed by atoms with Crippen LogP contribution in [0.5, 0.6) is 23.0 Å². The van der Waals surface area contributed by atoms with E-state index >= 15 is 0 Å². The van der Waals surface area contributed by atoms with Gasteiger partial charge in [-0.2, -0.15) is 0 Å². The number of rotatable bonds is 6. The molecular weight excluding hydrogens is 496 g/mol. The summed E-state index contributed by atoms with van der Waals surface area (Å²) in [5.74, 6) is 1.71. The van der Waals surface area contributed by atoms with Gasteiger partial charge < -0.3 is 28.5 Å². The quantitative estimate of drug-likeness (QED) is 0.239. The Morgan fingerprint density at radius 2 is 1.05 bits per heavy atom. The van der Waals surface area contributed by atoms with Crippen LogP contribution in [0.15, 0.2) is 81.6 Å². The Morgan fingerprint density at radius 1 is 0.615 bits per heavy atom. The molecule has 0 amide bonds. The predicted molar refractivity (Wildman–Crippen MR) is 147 cm³/mol. The molecule has 0 radical (unpaired) electrons. The third kappa shape index (κ3) is 4.20. The van der Waals surface area contributed by atoms with Gasteiger partial charge in [-0.1, -0.05) is 26.0 Å². The number of hydrogen-bond donors (Lipinski definition) is 2. The summed E-state index contributed by atoms with van der Waals surface area (Å²) in [7, 11) is 3.00. The van der Waals surface area contributed by atoms with Crippen LogP contribution in [0.1, 0.15) is 25.0 Å². The van der Waals surface area contributed by atoms with Crippen molar-refractivity contribution in [2.45, 2.75) is 19.3 Å². The van der Waals surface area contributed by atoms with Gasteiger partial charge in [0.2, 0.25) is 11.8 Å². The van der Waals surface area contributed by atoms with Crippen molar-refractivity contribution >= 4 is 22.2 Å². The van der Waals surface area contributed by atoms with Crippen LogP contribution in [0.25, 0.3) is 45.1 Å². The Bertz CT molecular complexity index is 1720. The Balaban J connectivity index is 1.34. The average Bonchev–Trinajstić information content (AvgIpc) is 3.57. The Hall–Kier alpha value is -4.98. The second-order valence-corrected chi connectivity index (χ2v) is 9.80. The maximum atomic E-state index is 9.91. The molecule has 8 heteroatoms. The van der Waals surface area contributed by atoms with Gasteiger partial charge in [-0.15, -0.1) is 0 Å². The van der Waals surface area contributed by atoms with Crippen molar-refractivity contribution in [1.29, 1.82) is 0 Å². The van der Waals surface area contributed by atoms with E-state index in [0.29, 0.717) is 45.6 Å². The average molecular weight is 523 g/mol. The lowest BCUT2D eigenvalue weighted by atomic mass is 9.78. The highest BCUT2D eigenvalue weighted by Crippen LogP contribution is 2.38. The lowest BCUT2D eigenvalue weighted by Gasteiger charge is -2.26. The van der Waals surface area contributed by atoms with Crippen LogP contribution in [0.4, 0.5) is 0 Å². The minimum Gasteiger partial charge on any atom is -0.504 e. The zero-order valence-corrected chi connectivity index (χ0v) is 21.9. The van der Waals surface area contributed by atoms with E-state index in [4.69, 9.17) is 28.3 Å². The maximum absolute atomic E-state index is 9.91. The Labute approximate surface area is 224 Å². The summed E-state index contributed by atoms with van der Waals surface area (Å²) in [6.45, 7) is 4.29. The number of oxazole rings is 2. The molecule has 0 aliphatic rings. The minimum absolute atomic E-state index is 0.0559.